The van der Waals surface area contributed by atoms with Crippen LogP contribution in [0, 0.1) is 0 Å². The Morgan fingerprint density at radius 2 is 0.920 bits per heavy atom. The lowest BCUT2D eigenvalue weighted by Gasteiger charge is -2.39. The van der Waals surface area contributed by atoms with E-state index < -0.39 is 0 Å². The first-order valence-electron chi connectivity index (χ1n) is 16.9. The lowest BCUT2D eigenvalue weighted by atomic mass is 9.67. The largest absolute Gasteiger partial charge is 0.224 e. The quantitative estimate of drug-likeness (QED) is 0.189. The van der Waals surface area contributed by atoms with Crippen molar-refractivity contribution < 1.29 is 0 Å². The van der Waals surface area contributed by atoms with Crippen molar-refractivity contribution in [3.8, 4) is 56.2 Å². The average molecular weight is 656 g/mol. The van der Waals surface area contributed by atoms with Crippen LogP contribution in [0.5, 0.6) is 0 Å². The lowest BCUT2D eigenvalue weighted by molar-refractivity contribution is 0.722. The maximum Gasteiger partial charge on any atom is 0.182 e. The molecule has 1 aromatic heterocycles. The minimum atomic E-state index is -0.379. The highest BCUT2D eigenvalue weighted by atomic mass is 32.2. The zero-order valence-corrected chi connectivity index (χ0v) is 27.8. The zero-order valence-electron chi connectivity index (χ0n) is 27.0. The Bertz CT molecular complexity index is 2530. The van der Waals surface area contributed by atoms with Gasteiger partial charge in [0.2, 0.25) is 0 Å². The van der Waals surface area contributed by atoms with Crippen LogP contribution in [0.15, 0.2) is 186 Å². The van der Waals surface area contributed by atoms with Crippen molar-refractivity contribution in [2.24, 2.45) is 0 Å². The smallest absolute Gasteiger partial charge is 0.182 e. The molecule has 2 heterocycles. The van der Waals surface area contributed by atoms with Gasteiger partial charge in [-0.05, 0) is 68.8 Å². The Labute approximate surface area is 295 Å². The fraction of sp³-hybridized carbons (Fsp3) is 0.0217. The van der Waals surface area contributed by atoms with Gasteiger partial charge in [-0.2, -0.15) is 0 Å². The standard InChI is InChI=1S/C46H29N3S/c1-3-14-30(15-4-1)44-43(47-45(49-48-44)31-16-5-2-6-17-31)34-19-13-18-32(28-34)33-26-27-38-36(29-33)35-20-7-8-21-37(35)46(38)39-22-9-11-24-41(39)50-42-25-12-10-23-40(42)46/h1-29H. The second-order valence-electron chi connectivity index (χ2n) is 12.8. The molecule has 1 aliphatic heterocycles. The van der Waals surface area contributed by atoms with Crippen molar-refractivity contribution in [1.29, 1.82) is 0 Å². The number of nitrogens with zero attached hydrogens (tertiary/aromatic N) is 3. The van der Waals surface area contributed by atoms with Crippen molar-refractivity contribution in [3.63, 3.8) is 0 Å². The highest BCUT2D eigenvalue weighted by Gasteiger charge is 2.50. The van der Waals surface area contributed by atoms with E-state index >= 15 is 0 Å². The Hall–Kier alpha value is -6.10. The molecule has 1 aliphatic carbocycles. The number of aromatic nitrogens is 3. The molecule has 0 fully saturated rings. The molecule has 2 aliphatic rings. The van der Waals surface area contributed by atoms with Crippen LogP contribution in [0.4, 0.5) is 0 Å². The van der Waals surface area contributed by atoms with E-state index in [0.717, 1.165) is 39.2 Å². The summed E-state index contributed by atoms with van der Waals surface area (Å²) in [6.45, 7) is 0. The van der Waals surface area contributed by atoms with E-state index in [0.29, 0.717) is 5.82 Å². The zero-order chi connectivity index (χ0) is 33.1. The van der Waals surface area contributed by atoms with Gasteiger partial charge in [0.05, 0.1) is 5.41 Å². The van der Waals surface area contributed by atoms with Crippen LogP contribution in [-0.4, -0.2) is 15.2 Å². The van der Waals surface area contributed by atoms with E-state index in [9.17, 15) is 0 Å². The van der Waals surface area contributed by atoms with Gasteiger partial charge in [-0.3, -0.25) is 0 Å². The molecule has 1 spiro atoms. The van der Waals surface area contributed by atoms with Gasteiger partial charge in [0, 0.05) is 26.5 Å². The Morgan fingerprint density at radius 1 is 0.360 bits per heavy atom. The topological polar surface area (TPSA) is 38.7 Å². The Kier molecular flexibility index (Phi) is 6.64. The van der Waals surface area contributed by atoms with E-state index in [1.165, 1.54) is 43.2 Å². The van der Waals surface area contributed by atoms with Gasteiger partial charge in [-0.25, -0.2) is 4.98 Å². The van der Waals surface area contributed by atoms with E-state index in [1.807, 2.05) is 60.3 Å². The van der Waals surface area contributed by atoms with Gasteiger partial charge in [-0.15, -0.1) is 10.2 Å². The van der Waals surface area contributed by atoms with E-state index in [4.69, 9.17) is 10.1 Å². The van der Waals surface area contributed by atoms with Crippen molar-refractivity contribution in [3.05, 3.63) is 198 Å². The second-order valence-corrected chi connectivity index (χ2v) is 13.9. The SMILES string of the molecule is c1ccc(-c2nnc(-c3ccccc3)c(-c3cccc(-c4ccc5c(c4)-c4ccccc4C54c5ccccc5Sc5ccccc54)c3)n2)cc1. The van der Waals surface area contributed by atoms with Crippen molar-refractivity contribution in [2.45, 2.75) is 15.2 Å². The number of benzene rings is 7. The number of fused-ring (bicyclic) bond motifs is 9. The fourth-order valence-corrected chi connectivity index (χ4v) is 9.10. The molecular weight excluding hydrogens is 627 g/mol. The molecule has 0 bridgehead atoms. The number of rotatable bonds is 4. The normalized spacial score (nSPS) is 13.3. The molecule has 0 atom stereocenters. The van der Waals surface area contributed by atoms with Crippen molar-refractivity contribution >= 4 is 11.8 Å². The summed E-state index contributed by atoms with van der Waals surface area (Å²) in [6.07, 6.45) is 0. The van der Waals surface area contributed by atoms with E-state index in [1.54, 1.807) is 0 Å². The summed E-state index contributed by atoms with van der Waals surface area (Å²) in [4.78, 5) is 7.76. The molecule has 8 aromatic rings. The maximum absolute atomic E-state index is 5.14. The summed E-state index contributed by atoms with van der Waals surface area (Å²) < 4.78 is 0. The van der Waals surface area contributed by atoms with Crippen LogP contribution >= 0.6 is 11.8 Å². The highest BCUT2D eigenvalue weighted by Crippen LogP contribution is 2.62. The third-order valence-corrected chi connectivity index (χ3v) is 11.2. The van der Waals surface area contributed by atoms with Gasteiger partial charge in [0.15, 0.2) is 5.82 Å². The predicted molar refractivity (Wildman–Crippen MR) is 203 cm³/mol. The van der Waals surface area contributed by atoms with Crippen molar-refractivity contribution in [2.75, 3.05) is 0 Å². The monoisotopic (exact) mass is 655 g/mol. The first-order chi connectivity index (χ1) is 24.8. The fourth-order valence-electron chi connectivity index (χ4n) is 7.91. The minimum Gasteiger partial charge on any atom is -0.224 e. The third kappa shape index (κ3) is 4.35. The molecule has 3 nitrogen and oxygen atoms in total. The molecular formula is C46H29N3S. The molecule has 0 saturated heterocycles. The maximum atomic E-state index is 5.14. The molecule has 0 radical (unpaired) electrons. The van der Waals surface area contributed by atoms with Gasteiger partial charge in [0.1, 0.15) is 11.4 Å². The molecule has 10 rings (SSSR count). The highest BCUT2D eigenvalue weighted by molar-refractivity contribution is 7.99. The summed E-state index contributed by atoms with van der Waals surface area (Å²) in [5, 5.41) is 9.31. The molecule has 7 aromatic carbocycles. The summed E-state index contributed by atoms with van der Waals surface area (Å²) in [6, 6.07) is 62.8. The van der Waals surface area contributed by atoms with Crippen LogP contribution in [0.3, 0.4) is 0 Å². The lowest BCUT2D eigenvalue weighted by Crippen LogP contribution is -2.31. The summed E-state index contributed by atoms with van der Waals surface area (Å²) >= 11 is 1.88. The van der Waals surface area contributed by atoms with E-state index in [2.05, 4.69) is 132 Å². The van der Waals surface area contributed by atoms with E-state index in [-0.39, 0.29) is 5.41 Å². The number of hydrogen-bond acceptors (Lipinski definition) is 4. The first kappa shape index (κ1) is 28.9. The average Bonchev–Trinajstić information content (AvgIpc) is 3.48. The van der Waals surface area contributed by atoms with Crippen LogP contribution in [0.1, 0.15) is 22.3 Å². The van der Waals surface area contributed by atoms with Crippen LogP contribution in [-0.2, 0) is 5.41 Å². The van der Waals surface area contributed by atoms with Gasteiger partial charge < -0.3 is 0 Å². The Balaban J connectivity index is 1.15. The third-order valence-electron chi connectivity index (χ3n) is 10.1. The second kappa shape index (κ2) is 11.5. The molecule has 234 valence electrons. The Morgan fingerprint density at radius 3 is 1.66 bits per heavy atom. The molecule has 0 amide bonds. The van der Waals surface area contributed by atoms with Gasteiger partial charge >= 0.3 is 0 Å². The summed E-state index contributed by atoms with van der Waals surface area (Å²) in [7, 11) is 0. The van der Waals surface area contributed by atoms with Gasteiger partial charge in [-0.1, -0.05) is 163 Å². The molecule has 0 saturated carbocycles. The molecule has 0 unspecified atom stereocenters. The molecule has 50 heavy (non-hydrogen) atoms. The van der Waals surface area contributed by atoms with Crippen LogP contribution in [0.2, 0.25) is 0 Å². The minimum absolute atomic E-state index is 0.379. The van der Waals surface area contributed by atoms with Crippen LogP contribution in [0.25, 0.3) is 56.2 Å². The number of hydrogen-bond donors (Lipinski definition) is 0. The van der Waals surface area contributed by atoms with Crippen LogP contribution < -0.4 is 0 Å². The van der Waals surface area contributed by atoms with Crippen molar-refractivity contribution in [1.82, 2.24) is 15.2 Å². The predicted octanol–water partition coefficient (Wildman–Crippen LogP) is 11.4. The molecule has 4 heteroatoms. The summed E-state index contributed by atoms with van der Waals surface area (Å²) in [5.74, 6) is 0.608. The summed E-state index contributed by atoms with van der Waals surface area (Å²) in [5.41, 5.74) is 14.3. The molecule has 0 N–H and O–H groups in total. The first-order valence-corrected chi connectivity index (χ1v) is 17.7. The van der Waals surface area contributed by atoms with Gasteiger partial charge in [0.25, 0.3) is 0 Å².